The van der Waals surface area contributed by atoms with Gasteiger partial charge in [-0.25, -0.2) is 4.98 Å². The maximum absolute atomic E-state index is 11.3. The van der Waals surface area contributed by atoms with Crippen LogP contribution in [0.25, 0.3) is 0 Å². The monoisotopic (exact) mass is 254 g/mol. The molecule has 4 N–H and O–H groups in total. The number of anilines is 1. The number of carbonyl (C=O) groups excluding carboxylic acids is 1. The maximum Gasteiger partial charge on any atom is 0.234 e. The minimum Gasteiger partial charge on any atom is -0.384 e. The Balaban J connectivity index is 2.15. The van der Waals surface area contributed by atoms with E-state index in [0.29, 0.717) is 23.1 Å². The molecular formula is C11H15ClN4O. The second-order valence-electron chi connectivity index (χ2n) is 4.20. The van der Waals surface area contributed by atoms with Gasteiger partial charge in [0.15, 0.2) is 0 Å². The van der Waals surface area contributed by atoms with Crippen molar-refractivity contribution in [3.63, 3.8) is 0 Å². The molecule has 1 saturated heterocycles. The van der Waals surface area contributed by atoms with Crippen molar-refractivity contribution in [2.24, 2.45) is 5.73 Å². The number of carbonyl (C=O) groups is 1. The SMILES string of the molecule is NC(=O)C1CCCN1Cc1nc(N)ccc1Cl. The molecule has 92 valence electrons. The second kappa shape index (κ2) is 4.89. The number of nitrogens with zero attached hydrogens (tertiary/aromatic N) is 2. The first kappa shape index (κ1) is 12.1. The molecule has 1 aromatic rings. The van der Waals surface area contributed by atoms with Crippen molar-refractivity contribution in [3.8, 4) is 0 Å². The summed E-state index contributed by atoms with van der Waals surface area (Å²) in [6.45, 7) is 1.35. The van der Waals surface area contributed by atoms with Gasteiger partial charge in [0.2, 0.25) is 5.91 Å². The molecule has 0 spiro atoms. The fraction of sp³-hybridized carbons (Fsp3) is 0.455. The first-order chi connectivity index (χ1) is 8.08. The number of nitrogens with two attached hydrogens (primary N) is 2. The summed E-state index contributed by atoms with van der Waals surface area (Å²) in [5.74, 6) is 0.141. The number of likely N-dealkylation sites (tertiary alicyclic amines) is 1. The lowest BCUT2D eigenvalue weighted by molar-refractivity contribution is -0.122. The van der Waals surface area contributed by atoms with E-state index in [1.807, 2.05) is 4.90 Å². The Hall–Kier alpha value is -1.33. The Labute approximate surface area is 105 Å². The summed E-state index contributed by atoms with van der Waals surface area (Å²) < 4.78 is 0. The van der Waals surface area contributed by atoms with Crippen molar-refractivity contribution in [2.75, 3.05) is 12.3 Å². The van der Waals surface area contributed by atoms with Crippen LogP contribution in [0.4, 0.5) is 5.82 Å². The highest BCUT2D eigenvalue weighted by molar-refractivity contribution is 6.31. The minimum absolute atomic E-state index is 0.214. The highest BCUT2D eigenvalue weighted by atomic mass is 35.5. The third-order valence-electron chi connectivity index (χ3n) is 2.99. The zero-order valence-electron chi connectivity index (χ0n) is 9.40. The molecule has 17 heavy (non-hydrogen) atoms. The topological polar surface area (TPSA) is 85.2 Å². The predicted octanol–water partition coefficient (Wildman–Crippen LogP) is 0.767. The predicted molar refractivity (Wildman–Crippen MR) is 66.3 cm³/mol. The van der Waals surface area contributed by atoms with E-state index in [0.717, 1.165) is 19.4 Å². The molecule has 2 heterocycles. The summed E-state index contributed by atoms with van der Waals surface area (Å²) in [6.07, 6.45) is 1.77. The van der Waals surface area contributed by atoms with Gasteiger partial charge in [-0.3, -0.25) is 9.69 Å². The number of pyridine rings is 1. The van der Waals surface area contributed by atoms with Crippen LogP contribution >= 0.6 is 11.6 Å². The van der Waals surface area contributed by atoms with Crippen LogP contribution in [0.15, 0.2) is 12.1 Å². The number of aromatic nitrogens is 1. The summed E-state index contributed by atoms with van der Waals surface area (Å²) >= 11 is 6.04. The number of primary amides is 1. The molecule has 1 fully saturated rings. The van der Waals surface area contributed by atoms with Crippen LogP contribution in [0.3, 0.4) is 0 Å². The Bertz CT molecular complexity index is 437. The lowest BCUT2D eigenvalue weighted by Gasteiger charge is -2.21. The molecule has 5 nitrogen and oxygen atoms in total. The molecule has 0 radical (unpaired) electrons. The van der Waals surface area contributed by atoms with Gasteiger partial charge < -0.3 is 11.5 Å². The average Bonchev–Trinajstić information content (AvgIpc) is 2.71. The third kappa shape index (κ3) is 2.68. The molecule has 0 aromatic carbocycles. The van der Waals surface area contributed by atoms with Gasteiger partial charge in [0.25, 0.3) is 0 Å². The summed E-state index contributed by atoms with van der Waals surface area (Å²) in [5.41, 5.74) is 11.7. The molecule has 6 heteroatoms. The largest absolute Gasteiger partial charge is 0.384 e. The van der Waals surface area contributed by atoms with Gasteiger partial charge in [-0.15, -0.1) is 0 Å². The number of hydrogen-bond acceptors (Lipinski definition) is 4. The van der Waals surface area contributed by atoms with Crippen LogP contribution in [0, 0.1) is 0 Å². The van der Waals surface area contributed by atoms with Crippen molar-refractivity contribution < 1.29 is 4.79 Å². The Morgan fingerprint density at radius 1 is 1.59 bits per heavy atom. The molecular weight excluding hydrogens is 240 g/mol. The Kier molecular flexibility index (Phi) is 3.49. The molecule has 1 aliphatic rings. The number of halogens is 1. The zero-order valence-corrected chi connectivity index (χ0v) is 10.2. The summed E-state index contributed by atoms with van der Waals surface area (Å²) in [6, 6.07) is 3.16. The molecule has 1 atom stereocenters. The van der Waals surface area contributed by atoms with Crippen LogP contribution in [0.1, 0.15) is 18.5 Å². The van der Waals surface area contributed by atoms with Crippen molar-refractivity contribution in [2.45, 2.75) is 25.4 Å². The van der Waals surface area contributed by atoms with Gasteiger partial charge in [-0.1, -0.05) is 11.6 Å². The Morgan fingerprint density at radius 3 is 3.06 bits per heavy atom. The van der Waals surface area contributed by atoms with E-state index >= 15 is 0 Å². The highest BCUT2D eigenvalue weighted by Crippen LogP contribution is 2.23. The molecule has 1 unspecified atom stereocenters. The zero-order chi connectivity index (χ0) is 12.4. The first-order valence-electron chi connectivity index (χ1n) is 5.52. The van der Waals surface area contributed by atoms with E-state index in [1.165, 1.54) is 0 Å². The molecule has 2 rings (SSSR count). The van der Waals surface area contributed by atoms with E-state index in [-0.39, 0.29) is 11.9 Å². The van der Waals surface area contributed by atoms with E-state index in [1.54, 1.807) is 12.1 Å². The van der Waals surface area contributed by atoms with Crippen molar-refractivity contribution in [3.05, 3.63) is 22.8 Å². The van der Waals surface area contributed by atoms with Crippen LogP contribution < -0.4 is 11.5 Å². The lowest BCUT2D eigenvalue weighted by atomic mass is 10.2. The van der Waals surface area contributed by atoms with Gasteiger partial charge in [-0.2, -0.15) is 0 Å². The molecule has 0 bridgehead atoms. The molecule has 1 amide bonds. The molecule has 1 aliphatic heterocycles. The quantitative estimate of drug-likeness (QED) is 0.834. The van der Waals surface area contributed by atoms with Crippen LogP contribution in [-0.4, -0.2) is 28.4 Å². The van der Waals surface area contributed by atoms with Crippen LogP contribution in [-0.2, 0) is 11.3 Å². The summed E-state index contributed by atoms with van der Waals surface area (Å²) in [7, 11) is 0. The standard InChI is InChI=1S/C11H15ClN4O/c12-7-3-4-10(13)15-8(7)6-16-5-1-2-9(16)11(14)17/h3-4,9H,1-2,5-6H2,(H2,13,15)(H2,14,17). The van der Waals surface area contributed by atoms with Gasteiger partial charge in [0, 0.05) is 6.54 Å². The summed E-state index contributed by atoms with van der Waals surface area (Å²) in [5, 5.41) is 0.564. The number of hydrogen-bond donors (Lipinski definition) is 2. The number of nitrogen functional groups attached to an aromatic ring is 1. The van der Waals surface area contributed by atoms with E-state index in [4.69, 9.17) is 23.1 Å². The minimum atomic E-state index is -0.289. The van der Waals surface area contributed by atoms with Gasteiger partial charge in [0.1, 0.15) is 5.82 Å². The molecule has 0 saturated carbocycles. The molecule has 0 aliphatic carbocycles. The number of amides is 1. The molecule has 1 aromatic heterocycles. The van der Waals surface area contributed by atoms with Crippen molar-refractivity contribution >= 4 is 23.3 Å². The van der Waals surface area contributed by atoms with Gasteiger partial charge in [0.05, 0.1) is 16.8 Å². The second-order valence-corrected chi connectivity index (χ2v) is 4.60. The average molecular weight is 255 g/mol. The van der Waals surface area contributed by atoms with Crippen molar-refractivity contribution in [1.29, 1.82) is 0 Å². The smallest absolute Gasteiger partial charge is 0.234 e. The third-order valence-corrected chi connectivity index (χ3v) is 3.33. The van der Waals surface area contributed by atoms with Gasteiger partial charge in [-0.05, 0) is 31.5 Å². The maximum atomic E-state index is 11.3. The van der Waals surface area contributed by atoms with Gasteiger partial charge >= 0.3 is 0 Å². The van der Waals surface area contributed by atoms with Crippen LogP contribution in [0.5, 0.6) is 0 Å². The fourth-order valence-electron chi connectivity index (χ4n) is 2.14. The van der Waals surface area contributed by atoms with Crippen LogP contribution in [0.2, 0.25) is 5.02 Å². The normalized spacial score (nSPS) is 20.6. The lowest BCUT2D eigenvalue weighted by Crippen LogP contribution is -2.40. The number of rotatable bonds is 3. The first-order valence-corrected chi connectivity index (χ1v) is 5.90. The fourth-order valence-corrected chi connectivity index (χ4v) is 2.31. The Morgan fingerprint density at radius 2 is 2.35 bits per heavy atom. The van der Waals surface area contributed by atoms with E-state index in [2.05, 4.69) is 4.98 Å². The van der Waals surface area contributed by atoms with E-state index in [9.17, 15) is 4.79 Å². The highest BCUT2D eigenvalue weighted by Gasteiger charge is 2.29. The van der Waals surface area contributed by atoms with E-state index < -0.39 is 0 Å². The van der Waals surface area contributed by atoms with Crippen molar-refractivity contribution in [1.82, 2.24) is 9.88 Å². The summed E-state index contributed by atoms with van der Waals surface area (Å²) in [4.78, 5) is 17.4.